The molecule has 16 heavy (non-hydrogen) atoms. The van der Waals surface area contributed by atoms with Crippen LogP contribution in [0.3, 0.4) is 0 Å². The number of piperazine rings is 3. The van der Waals surface area contributed by atoms with Crippen LogP contribution < -0.4 is 5.32 Å². The van der Waals surface area contributed by atoms with Crippen LogP contribution in [0.4, 0.5) is 0 Å². The molecule has 1 N–H and O–H groups in total. The van der Waals surface area contributed by atoms with Crippen molar-refractivity contribution in [3.05, 3.63) is 24.2 Å². The molecule has 1 aromatic heterocycles. The lowest BCUT2D eigenvalue weighted by Gasteiger charge is -2.50. The van der Waals surface area contributed by atoms with Crippen LogP contribution in [0, 0.1) is 0 Å². The monoisotopic (exact) mass is 221 g/mol. The number of nitrogens with one attached hydrogen (secondary N) is 1. The summed E-state index contributed by atoms with van der Waals surface area (Å²) in [6.45, 7) is 6.06. The SMILES string of the molecule is CNC(c1ccoc1)C1CN2CCN1CC2. The smallest absolute Gasteiger partial charge is 0.0950 e. The van der Waals surface area contributed by atoms with Gasteiger partial charge in [0.1, 0.15) is 0 Å². The first-order valence-corrected chi connectivity index (χ1v) is 6.04. The summed E-state index contributed by atoms with van der Waals surface area (Å²) in [5.41, 5.74) is 1.27. The van der Waals surface area contributed by atoms with Gasteiger partial charge in [0.05, 0.1) is 18.6 Å². The van der Waals surface area contributed by atoms with Crippen LogP contribution in [-0.2, 0) is 0 Å². The van der Waals surface area contributed by atoms with Crippen LogP contribution >= 0.6 is 0 Å². The summed E-state index contributed by atoms with van der Waals surface area (Å²) in [6, 6.07) is 3.05. The van der Waals surface area contributed by atoms with Crippen molar-refractivity contribution >= 4 is 0 Å². The molecule has 4 heteroatoms. The van der Waals surface area contributed by atoms with Gasteiger partial charge < -0.3 is 9.73 Å². The van der Waals surface area contributed by atoms with E-state index in [1.165, 1.54) is 38.3 Å². The number of rotatable bonds is 3. The highest BCUT2D eigenvalue weighted by Gasteiger charge is 2.36. The van der Waals surface area contributed by atoms with E-state index in [2.05, 4.69) is 21.2 Å². The molecule has 1 aromatic rings. The maximum absolute atomic E-state index is 5.20. The number of hydrogen-bond acceptors (Lipinski definition) is 4. The minimum Gasteiger partial charge on any atom is -0.472 e. The predicted octanol–water partition coefficient (Wildman–Crippen LogP) is 0.540. The van der Waals surface area contributed by atoms with Gasteiger partial charge in [0.25, 0.3) is 0 Å². The standard InChI is InChI=1S/C12H19N3O/c1-13-12(10-2-7-16-9-10)11-8-14-3-5-15(11)6-4-14/h2,7,9,11-13H,3-6,8H2,1H3. The topological polar surface area (TPSA) is 31.7 Å². The molecule has 3 aliphatic heterocycles. The fourth-order valence-corrected chi connectivity index (χ4v) is 3.01. The van der Waals surface area contributed by atoms with Crippen molar-refractivity contribution in [2.75, 3.05) is 39.8 Å². The Morgan fingerprint density at radius 2 is 2.19 bits per heavy atom. The van der Waals surface area contributed by atoms with Crippen molar-refractivity contribution in [2.24, 2.45) is 0 Å². The molecule has 3 aliphatic rings. The van der Waals surface area contributed by atoms with Crippen LogP contribution in [-0.4, -0.2) is 55.6 Å². The van der Waals surface area contributed by atoms with Gasteiger partial charge >= 0.3 is 0 Å². The van der Waals surface area contributed by atoms with Crippen molar-refractivity contribution in [3.8, 4) is 0 Å². The van der Waals surface area contributed by atoms with Crippen LogP contribution in [0.1, 0.15) is 11.6 Å². The minimum absolute atomic E-state index is 0.391. The summed E-state index contributed by atoms with van der Waals surface area (Å²) in [6.07, 6.45) is 3.62. The van der Waals surface area contributed by atoms with Crippen LogP contribution in [0.5, 0.6) is 0 Å². The summed E-state index contributed by atoms with van der Waals surface area (Å²) in [5, 5.41) is 3.43. The maximum Gasteiger partial charge on any atom is 0.0950 e. The molecule has 0 spiro atoms. The Hall–Kier alpha value is -0.840. The van der Waals surface area contributed by atoms with Gasteiger partial charge in [-0.1, -0.05) is 0 Å². The average Bonchev–Trinajstić information content (AvgIpc) is 2.85. The lowest BCUT2D eigenvalue weighted by atomic mass is 9.96. The predicted molar refractivity (Wildman–Crippen MR) is 62.3 cm³/mol. The van der Waals surface area contributed by atoms with Crippen molar-refractivity contribution in [3.63, 3.8) is 0 Å². The fraction of sp³-hybridized carbons (Fsp3) is 0.667. The van der Waals surface area contributed by atoms with Gasteiger partial charge in [-0.15, -0.1) is 0 Å². The second-order valence-electron chi connectivity index (χ2n) is 4.73. The second kappa shape index (κ2) is 4.20. The number of likely N-dealkylation sites (N-methyl/N-ethyl adjacent to an activating group) is 1. The summed E-state index contributed by atoms with van der Waals surface area (Å²) in [7, 11) is 2.04. The Kier molecular flexibility index (Phi) is 2.71. The highest BCUT2D eigenvalue weighted by Crippen LogP contribution is 2.27. The first-order chi connectivity index (χ1) is 7.88. The lowest BCUT2D eigenvalue weighted by Crippen LogP contribution is -2.63. The summed E-state index contributed by atoms with van der Waals surface area (Å²) in [5.74, 6) is 0. The Bertz CT molecular complexity index is 330. The third-order valence-corrected chi connectivity index (χ3v) is 3.92. The van der Waals surface area contributed by atoms with Crippen molar-refractivity contribution in [1.82, 2.24) is 15.1 Å². The molecule has 0 aromatic carbocycles. The highest BCUT2D eigenvalue weighted by molar-refractivity contribution is 5.15. The summed E-state index contributed by atoms with van der Waals surface area (Å²) < 4.78 is 5.20. The van der Waals surface area contributed by atoms with Crippen LogP contribution in [0.25, 0.3) is 0 Å². The lowest BCUT2D eigenvalue weighted by molar-refractivity contribution is -0.00262. The molecule has 88 valence electrons. The molecule has 3 fully saturated rings. The molecular formula is C12H19N3O. The molecule has 4 nitrogen and oxygen atoms in total. The van der Waals surface area contributed by atoms with E-state index in [1.807, 2.05) is 13.3 Å². The molecule has 4 rings (SSSR count). The third kappa shape index (κ3) is 1.67. The highest BCUT2D eigenvalue weighted by atomic mass is 16.3. The third-order valence-electron chi connectivity index (χ3n) is 3.92. The molecule has 2 atom stereocenters. The van der Waals surface area contributed by atoms with E-state index in [0.29, 0.717) is 12.1 Å². The number of fused-ring (bicyclic) bond motifs is 3. The van der Waals surface area contributed by atoms with E-state index in [4.69, 9.17) is 4.42 Å². The van der Waals surface area contributed by atoms with Crippen molar-refractivity contribution in [1.29, 1.82) is 0 Å². The average molecular weight is 221 g/mol. The van der Waals surface area contributed by atoms with Crippen molar-refractivity contribution in [2.45, 2.75) is 12.1 Å². The quantitative estimate of drug-likeness (QED) is 0.807. The van der Waals surface area contributed by atoms with E-state index in [1.54, 1.807) is 6.26 Å². The van der Waals surface area contributed by atoms with Gasteiger partial charge in [0.2, 0.25) is 0 Å². The zero-order valence-corrected chi connectivity index (χ0v) is 9.72. The van der Waals surface area contributed by atoms with E-state index < -0.39 is 0 Å². The molecule has 3 saturated heterocycles. The van der Waals surface area contributed by atoms with E-state index in [0.717, 1.165) is 0 Å². The Labute approximate surface area is 96.2 Å². The molecule has 0 radical (unpaired) electrons. The summed E-state index contributed by atoms with van der Waals surface area (Å²) in [4.78, 5) is 5.17. The van der Waals surface area contributed by atoms with Crippen LogP contribution in [0.2, 0.25) is 0 Å². The Morgan fingerprint density at radius 1 is 1.38 bits per heavy atom. The normalized spacial score (nSPS) is 35.2. The molecule has 0 saturated carbocycles. The van der Waals surface area contributed by atoms with E-state index in [-0.39, 0.29) is 0 Å². The zero-order valence-electron chi connectivity index (χ0n) is 9.72. The number of hydrogen-bond donors (Lipinski definition) is 1. The minimum atomic E-state index is 0.391. The van der Waals surface area contributed by atoms with Crippen LogP contribution in [0.15, 0.2) is 23.0 Å². The number of furan rings is 1. The molecule has 4 heterocycles. The Balaban J connectivity index is 1.80. The fourth-order valence-electron chi connectivity index (χ4n) is 3.01. The summed E-state index contributed by atoms with van der Waals surface area (Å²) >= 11 is 0. The first kappa shape index (κ1) is 10.3. The van der Waals surface area contributed by atoms with E-state index in [9.17, 15) is 0 Å². The van der Waals surface area contributed by atoms with Gasteiger partial charge in [-0.25, -0.2) is 0 Å². The molecular weight excluding hydrogens is 202 g/mol. The van der Waals surface area contributed by atoms with Crippen molar-refractivity contribution < 1.29 is 4.42 Å². The molecule has 2 unspecified atom stereocenters. The Morgan fingerprint density at radius 3 is 2.69 bits per heavy atom. The first-order valence-electron chi connectivity index (χ1n) is 6.04. The maximum atomic E-state index is 5.20. The number of nitrogens with zero attached hydrogens (tertiary/aromatic N) is 2. The second-order valence-corrected chi connectivity index (χ2v) is 4.73. The van der Waals surface area contributed by atoms with Gasteiger partial charge in [0.15, 0.2) is 0 Å². The zero-order chi connectivity index (χ0) is 11.0. The molecule has 0 aliphatic carbocycles. The van der Waals surface area contributed by atoms with Gasteiger partial charge in [-0.05, 0) is 13.1 Å². The van der Waals surface area contributed by atoms with Gasteiger partial charge in [-0.3, -0.25) is 9.80 Å². The van der Waals surface area contributed by atoms with E-state index >= 15 is 0 Å². The molecule has 0 amide bonds. The van der Waals surface area contributed by atoms with Gasteiger partial charge in [0, 0.05) is 44.3 Å². The molecule has 2 bridgehead atoms. The largest absolute Gasteiger partial charge is 0.472 e. The van der Waals surface area contributed by atoms with Gasteiger partial charge in [-0.2, -0.15) is 0 Å².